The Hall–Kier alpha value is -2.05. The topological polar surface area (TPSA) is 39.3 Å². The maximum absolute atomic E-state index is 12.7. The predicted molar refractivity (Wildman–Crippen MR) is 106 cm³/mol. The molecule has 1 saturated heterocycles. The smallest absolute Gasteiger partial charge is 0.270 e. The Morgan fingerprint density at radius 3 is 2.50 bits per heavy atom. The Morgan fingerprint density at radius 1 is 1.21 bits per heavy atom. The second kappa shape index (κ2) is 7.23. The fourth-order valence-corrected chi connectivity index (χ4v) is 3.96. The molecule has 0 spiro atoms. The highest BCUT2D eigenvalue weighted by molar-refractivity contribution is 8.27. The van der Waals surface area contributed by atoms with Gasteiger partial charge in [-0.2, -0.15) is 0 Å². The summed E-state index contributed by atoms with van der Waals surface area (Å²) in [6.07, 6.45) is 3.67. The Balaban J connectivity index is 1.84. The SMILES string of the molecule is CCN(CC)c1ccc(N2C(=O)/C(=C\c3ccc[nH]3)SC2=S)cc1. The molecule has 1 aromatic carbocycles. The van der Waals surface area contributed by atoms with Gasteiger partial charge in [0.25, 0.3) is 5.91 Å². The number of nitrogens with zero attached hydrogens (tertiary/aromatic N) is 2. The van der Waals surface area contributed by atoms with E-state index in [1.54, 1.807) is 4.90 Å². The average molecular weight is 358 g/mol. The van der Waals surface area contributed by atoms with E-state index in [9.17, 15) is 4.79 Å². The van der Waals surface area contributed by atoms with Gasteiger partial charge in [0.2, 0.25) is 0 Å². The third-order valence-electron chi connectivity index (χ3n) is 3.94. The minimum atomic E-state index is -0.0739. The van der Waals surface area contributed by atoms with Crippen LogP contribution in [0, 0.1) is 0 Å². The minimum absolute atomic E-state index is 0.0739. The highest BCUT2D eigenvalue weighted by Crippen LogP contribution is 2.36. The highest BCUT2D eigenvalue weighted by Gasteiger charge is 2.33. The monoisotopic (exact) mass is 357 g/mol. The van der Waals surface area contributed by atoms with Gasteiger partial charge in [0.15, 0.2) is 4.32 Å². The van der Waals surface area contributed by atoms with Crippen molar-refractivity contribution < 1.29 is 4.79 Å². The van der Waals surface area contributed by atoms with Crippen LogP contribution in [0.5, 0.6) is 0 Å². The van der Waals surface area contributed by atoms with E-state index >= 15 is 0 Å². The number of hydrogen-bond donors (Lipinski definition) is 1. The van der Waals surface area contributed by atoms with E-state index in [-0.39, 0.29) is 5.91 Å². The number of H-pyrrole nitrogens is 1. The number of hydrogen-bond acceptors (Lipinski definition) is 4. The van der Waals surface area contributed by atoms with Gasteiger partial charge >= 0.3 is 0 Å². The van der Waals surface area contributed by atoms with E-state index in [0.29, 0.717) is 9.23 Å². The summed E-state index contributed by atoms with van der Waals surface area (Å²) < 4.78 is 0.563. The summed E-state index contributed by atoms with van der Waals surface area (Å²) in [6.45, 7) is 6.17. The number of aromatic amines is 1. The van der Waals surface area contributed by atoms with Crippen LogP contribution in [-0.2, 0) is 4.79 Å². The maximum Gasteiger partial charge on any atom is 0.270 e. The average Bonchev–Trinajstić information content (AvgIpc) is 3.19. The van der Waals surface area contributed by atoms with Gasteiger partial charge in [-0.1, -0.05) is 24.0 Å². The van der Waals surface area contributed by atoms with Gasteiger partial charge in [0.1, 0.15) is 0 Å². The summed E-state index contributed by atoms with van der Waals surface area (Å²) in [5.41, 5.74) is 2.85. The molecule has 0 saturated carbocycles. The predicted octanol–water partition coefficient (Wildman–Crippen LogP) is 4.27. The lowest BCUT2D eigenvalue weighted by Crippen LogP contribution is -2.27. The number of thioether (sulfide) groups is 1. The number of benzene rings is 1. The zero-order valence-corrected chi connectivity index (χ0v) is 15.3. The van der Waals surface area contributed by atoms with Crippen molar-refractivity contribution >= 4 is 51.7 Å². The summed E-state index contributed by atoms with van der Waals surface area (Å²) >= 11 is 6.74. The first-order chi connectivity index (χ1) is 11.6. The fraction of sp³-hybridized carbons (Fsp3) is 0.222. The number of nitrogens with one attached hydrogen (secondary N) is 1. The first kappa shape index (κ1) is 16.8. The van der Waals surface area contributed by atoms with Crippen LogP contribution in [-0.4, -0.2) is 28.3 Å². The van der Waals surface area contributed by atoms with Crippen LogP contribution < -0.4 is 9.80 Å². The molecule has 0 radical (unpaired) electrons. The van der Waals surface area contributed by atoms with Crippen LogP contribution >= 0.6 is 24.0 Å². The summed E-state index contributed by atoms with van der Waals surface area (Å²) in [6, 6.07) is 11.8. The lowest BCUT2D eigenvalue weighted by atomic mass is 10.2. The molecule has 124 valence electrons. The Morgan fingerprint density at radius 2 is 1.92 bits per heavy atom. The van der Waals surface area contributed by atoms with E-state index in [0.717, 1.165) is 30.2 Å². The normalized spacial score (nSPS) is 16.2. The van der Waals surface area contributed by atoms with E-state index in [1.165, 1.54) is 11.8 Å². The molecule has 1 amide bonds. The van der Waals surface area contributed by atoms with Gasteiger partial charge in [-0.05, 0) is 56.3 Å². The second-order valence-corrected chi connectivity index (χ2v) is 7.01. The van der Waals surface area contributed by atoms with Gasteiger partial charge in [-0.15, -0.1) is 0 Å². The van der Waals surface area contributed by atoms with E-state index in [4.69, 9.17) is 12.2 Å². The van der Waals surface area contributed by atoms with Crippen LogP contribution in [0.25, 0.3) is 6.08 Å². The number of rotatable bonds is 5. The molecule has 0 aliphatic carbocycles. The molecule has 0 bridgehead atoms. The van der Waals surface area contributed by atoms with Crippen molar-refractivity contribution in [1.29, 1.82) is 0 Å². The standard InChI is InChI=1S/C18H19N3OS2/c1-3-20(4-2)14-7-9-15(10-8-14)21-17(22)16(24-18(21)23)12-13-6-5-11-19-13/h5-12,19H,3-4H2,1-2H3/b16-12+. The van der Waals surface area contributed by atoms with E-state index in [1.807, 2.05) is 48.7 Å². The molecule has 4 nitrogen and oxygen atoms in total. The summed E-state index contributed by atoms with van der Waals surface area (Å²) in [7, 11) is 0. The van der Waals surface area contributed by atoms with E-state index in [2.05, 4.69) is 23.7 Å². The molecule has 24 heavy (non-hydrogen) atoms. The molecule has 0 unspecified atom stereocenters. The first-order valence-electron chi connectivity index (χ1n) is 7.90. The summed E-state index contributed by atoms with van der Waals surface area (Å²) in [5.74, 6) is -0.0739. The van der Waals surface area contributed by atoms with E-state index < -0.39 is 0 Å². The second-order valence-electron chi connectivity index (χ2n) is 5.33. The molecule has 1 aliphatic rings. The van der Waals surface area contributed by atoms with Crippen LogP contribution in [0.3, 0.4) is 0 Å². The van der Waals surface area contributed by atoms with Crippen molar-refractivity contribution in [2.75, 3.05) is 22.9 Å². The number of amides is 1. The Kier molecular flexibility index (Phi) is 5.06. The van der Waals surface area contributed by atoms with Gasteiger partial charge in [-0.25, -0.2) is 0 Å². The number of anilines is 2. The molecule has 2 heterocycles. The third-order valence-corrected chi connectivity index (χ3v) is 5.24. The number of carbonyl (C=O) groups is 1. The van der Waals surface area contributed by atoms with Crippen LogP contribution in [0.2, 0.25) is 0 Å². The van der Waals surface area contributed by atoms with Gasteiger partial charge in [-0.3, -0.25) is 9.69 Å². The molecule has 3 rings (SSSR count). The molecule has 2 aromatic rings. The highest BCUT2D eigenvalue weighted by atomic mass is 32.2. The van der Waals surface area contributed by atoms with Crippen molar-refractivity contribution in [2.45, 2.75) is 13.8 Å². The zero-order chi connectivity index (χ0) is 17.1. The lowest BCUT2D eigenvalue weighted by Gasteiger charge is -2.22. The third kappa shape index (κ3) is 3.25. The van der Waals surface area contributed by atoms with Crippen molar-refractivity contribution in [3.8, 4) is 0 Å². The molecule has 1 aliphatic heterocycles. The molecule has 6 heteroatoms. The number of aromatic nitrogens is 1. The van der Waals surface area contributed by atoms with Crippen molar-refractivity contribution in [2.24, 2.45) is 0 Å². The zero-order valence-electron chi connectivity index (χ0n) is 13.7. The summed E-state index contributed by atoms with van der Waals surface area (Å²) in [5, 5.41) is 0. The summed E-state index contributed by atoms with van der Waals surface area (Å²) in [4.78, 5) is 20.3. The number of thiocarbonyl (C=S) groups is 1. The maximum atomic E-state index is 12.7. The molecule has 1 aromatic heterocycles. The Bertz CT molecular complexity index is 762. The Labute approximate surface area is 151 Å². The van der Waals surface area contributed by atoms with Gasteiger partial charge in [0, 0.05) is 30.7 Å². The number of carbonyl (C=O) groups excluding carboxylic acids is 1. The molecular weight excluding hydrogens is 338 g/mol. The largest absolute Gasteiger partial charge is 0.372 e. The molecular formula is C18H19N3OS2. The van der Waals surface area contributed by atoms with Crippen molar-refractivity contribution in [1.82, 2.24) is 4.98 Å². The van der Waals surface area contributed by atoms with Gasteiger partial charge < -0.3 is 9.88 Å². The van der Waals surface area contributed by atoms with Crippen molar-refractivity contribution in [3.05, 3.63) is 53.2 Å². The first-order valence-corrected chi connectivity index (χ1v) is 9.13. The minimum Gasteiger partial charge on any atom is -0.372 e. The molecule has 0 atom stereocenters. The van der Waals surface area contributed by atoms with Crippen LogP contribution in [0.1, 0.15) is 19.5 Å². The van der Waals surface area contributed by atoms with Gasteiger partial charge in [0.05, 0.1) is 10.6 Å². The fourth-order valence-electron chi connectivity index (χ4n) is 2.67. The quantitative estimate of drug-likeness (QED) is 0.641. The van der Waals surface area contributed by atoms with Crippen LogP contribution in [0.15, 0.2) is 47.5 Å². The lowest BCUT2D eigenvalue weighted by molar-refractivity contribution is -0.113. The van der Waals surface area contributed by atoms with Crippen molar-refractivity contribution in [3.63, 3.8) is 0 Å². The molecule has 1 fully saturated rings. The van der Waals surface area contributed by atoms with Crippen LogP contribution in [0.4, 0.5) is 11.4 Å². The molecule has 1 N–H and O–H groups in total.